The quantitative estimate of drug-likeness (QED) is 0.587. The van der Waals surface area contributed by atoms with Crippen molar-refractivity contribution >= 4 is 10.0 Å². The number of hydrogen-bond acceptors (Lipinski definition) is 3. The molecule has 0 atom stereocenters. The molecule has 0 unspecified atom stereocenters. The van der Waals surface area contributed by atoms with E-state index in [2.05, 4.69) is 9.71 Å². The molecule has 1 heterocycles. The summed E-state index contributed by atoms with van der Waals surface area (Å²) >= 11 is 0. The molecule has 0 fully saturated rings. The van der Waals surface area contributed by atoms with Crippen LogP contribution in [0.15, 0.2) is 41.8 Å². The molecule has 0 amide bonds. The zero-order valence-corrected chi connectivity index (χ0v) is 12.4. The highest BCUT2D eigenvalue weighted by Crippen LogP contribution is 2.24. The third-order valence-electron chi connectivity index (χ3n) is 2.90. The molecular formula is C13H17FN3O3S+. The second kappa shape index (κ2) is 6.68. The Morgan fingerprint density at radius 1 is 1.43 bits per heavy atom. The molecule has 0 radical (unpaired) electrons. The summed E-state index contributed by atoms with van der Waals surface area (Å²) in [4.78, 5) is 2.71. The van der Waals surface area contributed by atoms with Crippen molar-refractivity contribution in [1.82, 2.24) is 9.71 Å². The van der Waals surface area contributed by atoms with Gasteiger partial charge in [0.2, 0.25) is 16.4 Å². The van der Waals surface area contributed by atoms with Crippen molar-refractivity contribution in [3.8, 4) is 5.75 Å². The Hall–Kier alpha value is -1.93. The minimum atomic E-state index is -3.80. The van der Waals surface area contributed by atoms with E-state index in [1.54, 1.807) is 12.5 Å². The minimum Gasteiger partial charge on any atom is -0.495 e. The molecule has 1 aromatic carbocycles. The van der Waals surface area contributed by atoms with Crippen LogP contribution < -0.4 is 14.0 Å². The monoisotopic (exact) mass is 314 g/mol. The van der Waals surface area contributed by atoms with Crippen LogP contribution in [0.1, 0.15) is 6.42 Å². The van der Waals surface area contributed by atoms with Crippen LogP contribution in [0.25, 0.3) is 0 Å². The predicted molar refractivity (Wildman–Crippen MR) is 73.7 cm³/mol. The van der Waals surface area contributed by atoms with Gasteiger partial charge in [-0.15, -0.1) is 0 Å². The molecule has 6 nitrogen and oxygen atoms in total. The molecular weight excluding hydrogens is 297 g/mol. The lowest BCUT2D eigenvalue weighted by molar-refractivity contribution is -0.695. The van der Waals surface area contributed by atoms with E-state index >= 15 is 0 Å². The molecule has 2 aromatic rings. The maximum Gasteiger partial charge on any atom is 0.244 e. The average molecular weight is 314 g/mol. The van der Waals surface area contributed by atoms with Crippen molar-refractivity contribution in [2.45, 2.75) is 17.9 Å². The molecule has 0 spiro atoms. The number of rotatable bonds is 7. The summed E-state index contributed by atoms with van der Waals surface area (Å²) in [5, 5.41) is 0. The number of nitrogens with one attached hydrogen (secondary N) is 2. The summed E-state index contributed by atoms with van der Waals surface area (Å²) < 4.78 is 46.8. The number of ether oxygens (including phenoxy) is 1. The van der Waals surface area contributed by atoms with Gasteiger partial charge in [-0.1, -0.05) is 0 Å². The molecule has 0 saturated carbocycles. The highest BCUT2D eigenvalue weighted by molar-refractivity contribution is 7.89. The Morgan fingerprint density at radius 2 is 2.24 bits per heavy atom. The van der Waals surface area contributed by atoms with Gasteiger partial charge in [0.05, 0.1) is 13.7 Å². The smallest absolute Gasteiger partial charge is 0.244 e. The highest BCUT2D eigenvalue weighted by atomic mass is 32.2. The summed E-state index contributed by atoms with van der Waals surface area (Å²) in [5.74, 6) is -0.511. The van der Waals surface area contributed by atoms with Crippen LogP contribution in [0.4, 0.5) is 4.39 Å². The number of sulfonamides is 1. The summed E-state index contributed by atoms with van der Waals surface area (Å²) in [6.45, 7) is 0.923. The number of methoxy groups -OCH3 is 1. The summed E-state index contributed by atoms with van der Waals surface area (Å²) in [7, 11) is -2.46. The van der Waals surface area contributed by atoms with Crippen molar-refractivity contribution in [3.05, 3.63) is 42.7 Å². The number of benzene rings is 1. The first kappa shape index (κ1) is 15.5. The Balaban J connectivity index is 1.99. The van der Waals surface area contributed by atoms with Crippen LogP contribution in [0, 0.1) is 5.82 Å². The Bertz CT molecular complexity index is 687. The van der Waals surface area contributed by atoms with Gasteiger partial charge in [0.1, 0.15) is 28.9 Å². The van der Waals surface area contributed by atoms with Gasteiger partial charge in [0, 0.05) is 6.54 Å². The first-order valence-corrected chi connectivity index (χ1v) is 7.86. The van der Waals surface area contributed by atoms with E-state index in [1.807, 2.05) is 10.8 Å². The fourth-order valence-corrected chi connectivity index (χ4v) is 3.12. The van der Waals surface area contributed by atoms with E-state index < -0.39 is 15.8 Å². The van der Waals surface area contributed by atoms with E-state index in [1.165, 1.54) is 13.2 Å². The second-order valence-corrected chi connectivity index (χ2v) is 6.13. The lowest BCUT2D eigenvalue weighted by atomic mass is 10.3. The number of aromatic nitrogens is 2. The Labute approximate surface area is 122 Å². The number of halogens is 1. The van der Waals surface area contributed by atoms with Gasteiger partial charge >= 0.3 is 0 Å². The molecule has 0 bridgehead atoms. The molecule has 0 saturated heterocycles. The number of hydrogen-bond donors (Lipinski definition) is 2. The number of aromatic amines is 1. The van der Waals surface area contributed by atoms with Crippen molar-refractivity contribution in [3.63, 3.8) is 0 Å². The minimum absolute atomic E-state index is 0.115. The Kier molecular flexibility index (Phi) is 4.92. The summed E-state index contributed by atoms with van der Waals surface area (Å²) in [6, 6.07) is 3.39. The zero-order chi connectivity index (χ0) is 15.3. The standard InChI is InChI=1S/C13H16FN3O3S/c1-20-12-4-3-11(14)9-13(12)21(18,19)16-5-2-7-17-8-6-15-10-17/h3-4,6,8-10,16H,2,5,7H2,1H3/p+1. The van der Waals surface area contributed by atoms with Crippen LogP contribution in [-0.2, 0) is 16.6 Å². The van der Waals surface area contributed by atoms with Crippen molar-refractivity contribution in [2.75, 3.05) is 13.7 Å². The van der Waals surface area contributed by atoms with Crippen LogP contribution in [-0.4, -0.2) is 27.1 Å². The van der Waals surface area contributed by atoms with Crippen LogP contribution in [0.3, 0.4) is 0 Å². The fraction of sp³-hybridized carbons (Fsp3) is 0.308. The van der Waals surface area contributed by atoms with E-state index in [0.717, 1.165) is 12.1 Å². The van der Waals surface area contributed by atoms with Crippen molar-refractivity contribution < 1.29 is 22.1 Å². The third kappa shape index (κ3) is 4.02. The zero-order valence-electron chi connectivity index (χ0n) is 11.5. The van der Waals surface area contributed by atoms with Crippen molar-refractivity contribution in [2.24, 2.45) is 0 Å². The molecule has 8 heteroatoms. The molecule has 0 aliphatic heterocycles. The normalized spacial score (nSPS) is 11.5. The number of aryl methyl sites for hydroxylation is 1. The van der Waals surface area contributed by atoms with E-state index in [9.17, 15) is 12.8 Å². The fourth-order valence-electron chi connectivity index (χ4n) is 1.87. The van der Waals surface area contributed by atoms with Gasteiger partial charge < -0.3 is 4.74 Å². The van der Waals surface area contributed by atoms with Crippen LogP contribution in [0.5, 0.6) is 5.75 Å². The lowest BCUT2D eigenvalue weighted by Gasteiger charge is -2.10. The van der Waals surface area contributed by atoms with Gasteiger partial charge in [-0.3, -0.25) is 4.98 Å². The molecule has 2 rings (SSSR count). The largest absolute Gasteiger partial charge is 0.495 e. The number of H-pyrrole nitrogens is 1. The van der Waals surface area contributed by atoms with E-state index in [-0.39, 0.29) is 17.2 Å². The first-order chi connectivity index (χ1) is 10.0. The molecule has 0 aliphatic rings. The van der Waals surface area contributed by atoms with Gasteiger partial charge in [-0.2, -0.15) is 0 Å². The van der Waals surface area contributed by atoms with Gasteiger partial charge in [-0.25, -0.2) is 22.1 Å². The van der Waals surface area contributed by atoms with E-state index in [0.29, 0.717) is 13.0 Å². The predicted octanol–water partition coefficient (Wildman–Crippen LogP) is 0.818. The highest BCUT2D eigenvalue weighted by Gasteiger charge is 2.19. The van der Waals surface area contributed by atoms with Gasteiger partial charge in [-0.05, 0) is 24.6 Å². The molecule has 0 aliphatic carbocycles. The first-order valence-electron chi connectivity index (χ1n) is 6.38. The molecule has 2 N–H and O–H groups in total. The van der Waals surface area contributed by atoms with E-state index in [4.69, 9.17) is 4.74 Å². The number of nitrogens with zero attached hydrogens (tertiary/aromatic N) is 1. The van der Waals surface area contributed by atoms with Crippen LogP contribution >= 0.6 is 0 Å². The summed E-state index contributed by atoms with van der Waals surface area (Å²) in [5.41, 5.74) is 0. The summed E-state index contributed by atoms with van der Waals surface area (Å²) in [6.07, 6.45) is 6.02. The molecule has 1 aromatic heterocycles. The van der Waals surface area contributed by atoms with Gasteiger partial charge in [0.25, 0.3) is 0 Å². The second-order valence-electron chi connectivity index (χ2n) is 4.40. The lowest BCUT2D eigenvalue weighted by Crippen LogP contribution is -2.33. The molecule has 114 valence electrons. The van der Waals surface area contributed by atoms with Crippen LogP contribution in [0.2, 0.25) is 0 Å². The number of imidazole rings is 1. The van der Waals surface area contributed by atoms with Crippen molar-refractivity contribution in [1.29, 1.82) is 0 Å². The van der Waals surface area contributed by atoms with Gasteiger partial charge in [0.15, 0.2) is 0 Å². The Morgan fingerprint density at radius 3 is 2.90 bits per heavy atom. The SMILES string of the molecule is COc1ccc(F)cc1S(=O)(=O)NCCC[n+]1cc[nH]c1. The maximum atomic E-state index is 13.2. The topological polar surface area (TPSA) is 75.1 Å². The maximum absolute atomic E-state index is 13.2. The molecule has 21 heavy (non-hydrogen) atoms. The third-order valence-corrected chi connectivity index (χ3v) is 4.39. The average Bonchev–Trinajstić information content (AvgIpc) is 2.97.